The number of benzene rings is 1. The van der Waals surface area contributed by atoms with Crippen molar-refractivity contribution in [3.8, 4) is 11.6 Å². The van der Waals surface area contributed by atoms with Gasteiger partial charge in [-0.15, -0.1) is 24.0 Å². The second-order valence-electron chi connectivity index (χ2n) is 6.53. The van der Waals surface area contributed by atoms with Gasteiger partial charge in [0.05, 0.1) is 13.2 Å². The van der Waals surface area contributed by atoms with Gasteiger partial charge in [-0.25, -0.2) is 13.8 Å². The van der Waals surface area contributed by atoms with Gasteiger partial charge in [0, 0.05) is 31.9 Å². The van der Waals surface area contributed by atoms with Gasteiger partial charge in [-0.3, -0.25) is 4.99 Å². The Labute approximate surface area is 186 Å². The fourth-order valence-corrected chi connectivity index (χ4v) is 2.46. The van der Waals surface area contributed by atoms with Crippen LogP contribution in [0.2, 0.25) is 0 Å². The minimum Gasteiger partial charge on any atom is -0.489 e. The topological polar surface area (TPSA) is 67.8 Å². The normalized spacial score (nSPS) is 13.4. The Balaban J connectivity index is 0.00000300. The van der Waals surface area contributed by atoms with Crippen LogP contribution in [0.4, 0.5) is 8.78 Å². The summed E-state index contributed by atoms with van der Waals surface area (Å²) in [6.45, 7) is 1.89. The van der Waals surface area contributed by atoms with Crippen LogP contribution in [-0.4, -0.2) is 37.7 Å². The third kappa shape index (κ3) is 8.00. The molecule has 0 bridgehead atoms. The van der Waals surface area contributed by atoms with Crippen LogP contribution in [0.3, 0.4) is 0 Å². The van der Waals surface area contributed by atoms with E-state index in [1.54, 1.807) is 13.2 Å². The zero-order valence-electron chi connectivity index (χ0n) is 16.2. The predicted molar refractivity (Wildman–Crippen MR) is 118 cm³/mol. The lowest BCUT2D eigenvalue weighted by atomic mass is 10.2. The van der Waals surface area contributed by atoms with Crippen molar-refractivity contribution in [2.45, 2.75) is 19.4 Å². The molecule has 0 aliphatic heterocycles. The first kappa shape index (κ1) is 23.1. The van der Waals surface area contributed by atoms with Crippen LogP contribution in [0.5, 0.6) is 11.6 Å². The summed E-state index contributed by atoms with van der Waals surface area (Å²) in [6, 6.07) is 7.03. The van der Waals surface area contributed by atoms with E-state index in [1.807, 2.05) is 12.1 Å². The van der Waals surface area contributed by atoms with Gasteiger partial charge in [0.2, 0.25) is 5.88 Å². The zero-order valence-corrected chi connectivity index (χ0v) is 18.5. The van der Waals surface area contributed by atoms with Gasteiger partial charge in [-0.2, -0.15) is 0 Å². The average molecular weight is 518 g/mol. The number of hydrogen-bond acceptors (Lipinski definition) is 4. The van der Waals surface area contributed by atoms with E-state index in [4.69, 9.17) is 9.47 Å². The predicted octanol–water partition coefficient (Wildman–Crippen LogP) is 3.51. The first-order valence-electron chi connectivity index (χ1n) is 9.24. The monoisotopic (exact) mass is 518 g/mol. The van der Waals surface area contributed by atoms with Crippen molar-refractivity contribution in [2.75, 3.05) is 26.8 Å². The summed E-state index contributed by atoms with van der Waals surface area (Å²) in [4.78, 5) is 8.36. The van der Waals surface area contributed by atoms with E-state index in [9.17, 15) is 8.78 Å². The molecule has 0 spiro atoms. The van der Waals surface area contributed by atoms with Crippen molar-refractivity contribution in [3.05, 3.63) is 53.7 Å². The molecule has 1 fully saturated rings. The van der Waals surface area contributed by atoms with Gasteiger partial charge in [0.25, 0.3) is 0 Å². The fraction of sp³-hybridized carbons (Fsp3) is 0.400. The van der Waals surface area contributed by atoms with Gasteiger partial charge in [0.15, 0.2) is 17.5 Å². The average Bonchev–Trinajstić information content (AvgIpc) is 3.52. The van der Waals surface area contributed by atoms with Crippen molar-refractivity contribution >= 4 is 29.9 Å². The standard InChI is InChI=1S/C20H24F2N4O2.HI/c1-23-20(25-8-9-27-18-5-4-16(21)11-17(18)22)26-12-15-6-7-24-19(10-15)28-13-14-2-3-14;/h4-7,10-11,14H,2-3,8-9,12-13H2,1H3,(H2,23,25,26);1H. The summed E-state index contributed by atoms with van der Waals surface area (Å²) in [5.41, 5.74) is 1.02. The van der Waals surface area contributed by atoms with Crippen LogP contribution in [0.1, 0.15) is 18.4 Å². The number of rotatable bonds is 9. The number of hydrogen-bond donors (Lipinski definition) is 2. The molecule has 1 aromatic carbocycles. The largest absolute Gasteiger partial charge is 0.489 e. The van der Waals surface area contributed by atoms with Crippen molar-refractivity contribution in [3.63, 3.8) is 0 Å². The Hall–Kier alpha value is -2.17. The molecule has 1 heterocycles. The Morgan fingerprint density at radius 1 is 1.17 bits per heavy atom. The summed E-state index contributed by atoms with van der Waals surface area (Å²) < 4.78 is 37.4. The molecule has 0 atom stereocenters. The number of pyridine rings is 1. The number of guanidine groups is 1. The van der Waals surface area contributed by atoms with Crippen LogP contribution in [0, 0.1) is 17.6 Å². The third-order valence-electron chi connectivity index (χ3n) is 4.19. The van der Waals surface area contributed by atoms with E-state index in [2.05, 4.69) is 20.6 Å². The molecule has 1 saturated carbocycles. The molecular formula is C20H25F2IN4O2. The smallest absolute Gasteiger partial charge is 0.213 e. The first-order valence-corrected chi connectivity index (χ1v) is 9.24. The molecule has 1 aliphatic rings. The Kier molecular flexibility index (Phi) is 9.36. The zero-order chi connectivity index (χ0) is 19.8. The Bertz CT molecular complexity index is 819. The number of nitrogens with zero attached hydrogens (tertiary/aromatic N) is 2. The highest BCUT2D eigenvalue weighted by Gasteiger charge is 2.22. The van der Waals surface area contributed by atoms with E-state index < -0.39 is 11.6 Å². The van der Waals surface area contributed by atoms with Crippen molar-refractivity contribution < 1.29 is 18.3 Å². The second kappa shape index (κ2) is 11.7. The summed E-state index contributed by atoms with van der Waals surface area (Å²) in [5.74, 6) is 0.549. The summed E-state index contributed by atoms with van der Waals surface area (Å²) in [6.07, 6.45) is 4.20. The lowest BCUT2D eigenvalue weighted by molar-refractivity contribution is 0.288. The van der Waals surface area contributed by atoms with E-state index in [1.165, 1.54) is 18.9 Å². The summed E-state index contributed by atoms with van der Waals surface area (Å²) in [7, 11) is 1.66. The fourth-order valence-electron chi connectivity index (χ4n) is 2.46. The van der Waals surface area contributed by atoms with E-state index in [0.29, 0.717) is 30.8 Å². The van der Waals surface area contributed by atoms with Crippen LogP contribution in [0.25, 0.3) is 0 Å². The number of aromatic nitrogens is 1. The van der Waals surface area contributed by atoms with Crippen molar-refractivity contribution in [1.29, 1.82) is 0 Å². The maximum absolute atomic E-state index is 13.5. The minimum atomic E-state index is -0.722. The number of aliphatic imine (C=N–C) groups is 1. The molecule has 3 rings (SSSR count). The molecule has 1 aliphatic carbocycles. The number of halogens is 3. The Morgan fingerprint density at radius 3 is 2.72 bits per heavy atom. The highest BCUT2D eigenvalue weighted by Crippen LogP contribution is 2.29. The summed E-state index contributed by atoms with van der Waals surface area (Å²) in [5, 5.41) is 6.26. The van der Waals surface area contributed by atoms with Crippen LogP contribution < -0.4 is 20.1 Å². The summed E-state index contributed by atoms with van der Waals surface area (Å²) >= 11 is 0. The maximum atomic E-state index is 13.5. The molecule has 158 valence electrons. The van der Waals surface area contributed by atoms with Gasteiger partial charge >= 0.3 is 0 Å². The molecule has 2 aromatic rings. The van der Waals surface area contributed by atoms with Gasteiger partial charge < -0.3 is 20.1 Å². The Morgan fingerprint density at radius 2 is 2.00 bits per heavy atom. The molecule has 0 radical (unpaired) electrons. The van der Waals surface area contributed by atoms with E-state index >= 15 is 0 Å². The highest BCUT2D eigenvalue weighted by atomic mass is 127. The molecule has 2 N–H and O–H groups in total. The lowest BCUT2D eigenvalue weighted by Gasteiger charge is -2.13. The van der Waals surface area contributed by atoms with Crippen LogP contribution in [-0.2, 0) is 6.54 Å². The van der Waals surface area contributed by atoms with Gasteiger partial charge in [0.1, 0.15) is 12.4 Å². The van der Waals surface area contributed by atoms with Crippen LogP contribution in [0.15, 0.2) is 41.5 Å². The van der Waals surface area contributed by atoms with E-state index in [0.717, 1.165) is 24.3 Å². The molecule has 6 nitrogen and oxygen atoms in total. The molecular weight excluding hydrogens is 493 g/mol. The molecule has 0 amide bonds. The van der Waals surface area contributed by atoms with E-state index in [-0.39, 0.29) is 36.3 Å². The first-order chi connectivity index (χ1) is 13.6. The van der Waals surface area contributed by atoms with Gasteiger partial charge in [-0.1, -0.05) is 0 Å². The third-order valence-corrected chi connectivity index (χ3v) is 4.19. The van der Waals surface area contributed by atoms with Crippen LogP contribution >= 0.6 is 24.0 Å². The molecule has 0 saturated heterocycles. The molecule has 1 aromatic heterocycles. The maximum Gasteiger partial charge on any atom is 0.213 e. The quantitative estimate of drug-likeness (QED) is 0.230. The minimum absolute atomic E-state index is 0. The number of ether oxygens (including phenoxy) is 2. The SMILES string of the molecule is CN=C(NCCOc1ccc(F)cc1F)NCc1ccnc(OCC2CC2)c1.I. The number of nitrogens with one attached hydrogen (secondary N) is 2. The second-order valence-corrected chi connectivity index (χ2v) is 6.53. The molecule has 0 unspecified atom stereocenters. The molecule has 29 heavy (non-hydrogen) atoms. The van der Waals surface area contributed by atoms with Crippen molar-refractivity contribution in [1.82, 2.24) is 15.6 Å². The lowest BCUT2D eigenvalue weighted by Crippen LogP contribution is -2.38. The van der Waals surface area contributed by atoms with Crippen molar-refractivity contribution in [2.24, 2.45) is 10.9 Å². The molecule has 9 heteroatoms. The van der Waals surface area contributed by atoms with Gasteiger partial charge in [-0.05, 0) is 42.5 Å². The highest BCUT2D eigenvalue weighted by molar-refractivity contribution is 14.0.